The van der Waals surface area contributed by atoms with Crippen LogP contribution in [0.25, 0.3) is 0 Å². The van der Waals surface area contributed by atoms with Crippen molar-refractivity contribution in [2.45, 2.75) is 37.9 Å². The third-order valence-corrected chi connectivity index (χ3v) is 5.88. The van der Waals surface area contributed by atoms with Crippen LogP contribution in [0, 0.1) is 5.92 Å². The normalized spacial score (nSPS) is 24.3. The van der Waals surface area contributed by atoms with Gasteiger partial charge in [0, 0.05) is 18.2 Å². The molecule has 2 aromatic carbocycles. The van der Waals surface area contributed by atoms with Gasteiger partial charge in [-0.3, -0.25) is 9.36 Å². The minimum atomic E-state index is -0.282. The Kier molecular flexibility index (Phi) is 5.34. The molecule has 6 nitrogen and oxygen atoms in total. The maximum Gasteiger partial charge on any atom is 0.300 e. The number of rotatable bonds is 7. The molecule has 4 atom stereocenters. The van der Waals surface area contributed by atoms with Gasteiger partial charge in [-0.1, -0.05) is 60.7 Å². The molecule has 1 fully saturated rings. The molecule has 0 spiro atoms. The SMILES string of the molecule is O=c1ccn2c(n1)O[C@H]1[C@@H](COCc3ccccc3)[C@H](OCc3ccccc3)C[C@H]12. The third kappa shape index (κ3) is 3.88. The molecular weight excluding hydrogens is 380 g/mol. The van der Waals surface area contributed by atoms with Crippen LogP contribution >= 0.6 is 0 Å². The van der Waals surface area contributed by atoms with Gasteiger partial charge in [0.2, 0.25) is 0 Å². The zero-order chi connectivity index (χ0) is 20.3. The summed E-state index contributed by atoms with van der Waals surface area (Å²) in [5.74, 6) is 0.0548. The zero-order valence-corrected chi connectivity index (χ0v) is 16.6. The second-order valence-corrected chi connectivity index (χ2v) is 7.84. The van der Waals surface area contributed by atoms with E-state index in [1.165, 1.54) is 6.07 Å². The Bertz CT molecular complexity index is 1040. The van der Waals surface area contributed by atoms with Crippen LogP contribution < -0.4 is 10.3 Å². The maximum absolute atomic E-state index is 11.6. The summed E-state index contributed by atoms with van der Waals surface area (Å²) >= 11 is 0. The van der Waals surface area contributed by atoms with E-state index >= 15 is 0 Å². The molecule has 0 unspecified atom stereocenters. The van der Waals surface area contributed by atoms with Gasteiger partial charge >= 0.3 is 0 Å². The number of nitrogens with zero attached hydrogens (tertiary/aromatic N) is 2. The van der Waals surface area contributed by atoms with Crippen LogP contribution in [0.1, 0.15) is 23.6 Å². The van der Waals surface area contributed by atoms with E-state index in [1.54, 1.807) is 6.20 Å². The van der Waals surface area contributed by atoms with Gasteiger partial charge < -0.3 is 14.2 Å². The average Bonchev–Trinajstić information content (AvgIpc) is 3.29. The van der Waals surface area contributed by atoms with Gasteiger partial charge in [-0.05, 0) is 17.5 Å². The molecule has 5 rings (SSSR count). The first kappa shape index (κ1) is 19.0. The Morgan fingerprint density at radius 2 is 1.67 bits per heavy atom. The number of fused-ring (bicyclic) bond motifs is 3. The molecule has 1 aliphatic carbocycles. The summed E-state index contributed by atoms with van der Waals surface area (Å²) in [4.78, 5) is 15.6. The predicted molar refractivity (Wildman–Crippen MR) is 111 cm³/mol. The standard InChI is InChI=1S/C24H24N2O4/c27-22-11-12-26-20-13-21(29-15-18-9-5-2-6-10-18)19(23(20)30-24(26)25-22)16-28-14-17-7-3-1-4-8-17/h1-12,19-21,23H,13-16H2/t19-,20+,21+,23-/m0/s1. The van der Waals surface area contributed by atoms with Crippen LogP contribution in [0.4, 0.5) is 0 Å². The van der Waals surface area contributed by atoms with Crippen molar-refractivity contribution in [3.05, 3.63) is 94.4 Å². The first-order chi connectivity index (χ1) is 14.8. The first-order valence-corrected chi connectivity index (χ1v) is 10.3. The number of aromatic nitrogens is 2. The molecule has 2 heterocycles. The average molecular weight is 404 g/mol. The number of hydrogen-bond acceptors (Lipinski definition) is 5. The van der Waals surface area contributed by atoms with Crippen molar-refractivity contribution >= 4 is 0 Å². The number of hydrogen-bond donors (Lipinski definition) is 0. The molecule has 6 heteroatoms. The van der Waals surface area contributed by atoms with Crippen LogP contribution in [0.2, 0.25) is 0 Å². The Hall–Kier alpha value is -2.96. The summed E-state index contributed by atoms with van der Waals surface area (Å²) in [7, 11) is 0. The number of ether oxygens (including phenoxy) is 3. The summed E-state index contributed by atoms with van der Waals surface area (Å²) in [5.41, 5.74) is 2.00. The lowest BCUT2D eigenvalue weighted by atomic mass is 10.0. The summed E-state index contributed by atoms with van der Waals surface area (Å²) in [6.07, 6.45) is 2.46. The van der Waals surface area contributed by atoms with Gasteiger partial charge in [0.15, 0.2) is 0 Å². The highest BCUT2D eigenvalue weighted by Crippen LogP contribution is 2.45. The Labute approximate surface area is 175 Å². The van der Waals surface area contributed by atoms with Crippen molar-refractivity contribution in [1.82, 2.24) is 9.55 Å². The molecule has 3 aromatic rings. The van der Waals surface area contributed by atoms with E-state index in [0.717, 1.165) is 17.5 Å². The van der Waals surface area contributed by atoms with E-state index in [2.05, 4.69) is 29.2 Å². The summed E-state index contributed by atoms with van der Waals surface area (Å²) in [5, 5.41) is 0. The summed E-state index contributed by atoms with van der Waals surface area (Å²) in [6.45, 7) is 1.62. The van der Waals surface area contributed by atoms with E-state index in [0.29, 0.717) is 25.8 Å². The smallest absolute Gasteiger partial charge is 0.300 e. The second-order valence-electron chi connectivity index (χ2n) is 7.84. The highest BCUT2D eigenvalue weighted by atomic mass is 16.5. The van der Waals surface area contributed by atoms with Gasteiger partial charge in [-0.2, -0.15) is 4.98 Å². The largest absolute Gasteiger partial charge is 0.459 e. The fourth-order valence-electron chi connectivity index (χ4n) is 4.40. The van der Waals surface area contributed by atoms with Gasteiger partial charge in [0.25, 0.3) is 11.6 Å². The molecule has 1 aliphatic heterocycles. The molecule has 1 aromatic heterocycles. The van der Waals surface area contributed by atoms with Gasteiger partial charge in [0.05, 0.1) is 32.0 Å². The molecule has 30 heavy (non-hydrogen) atoms. The van der Waals surface area contributed by atoms with Gasteiger partial charge in [0.1, 0.15) is 6.10 Å². The fourth-order valence-corrected chi connectivity index (χ4v) is 4.40. The van der Waals surface area contributed by atoms with E-state index < -0.39 is 0 Å². The quantitative estimate of drug-likeness (QED) is 0.604. The van der Waals surface area contributed by atoms with Gasteiger partial charge in [-0.15, -0.1) is 0 Å². The Balaban J connectivity index is 1.31. The Morgan fingerprint density at radius 1 is 0.967 bits per heavy atom. The lowest BCUT2D eigenvalue weighted by molar-refractivity contribution is -0.0411. The van der Waals surface area contributed by atoms with E-state index in [4.69, 9.17) is 14.2 Å². The fraction of sp³-hybridized carbons (Fsp3) is 0.333. The summed E-state index contributed by atoms with van der Waals surface area (Å²) < 4.78 is 20.5. The molecule has 0 amide bonds. The minimum Gasteiger partial charge on any atom is -0.459 e. The second kappa shape index (κ2) is 8.42. The van der Waals surface area contributed by atoms with Crippen molar-refractivity contribution in [3.63, 3.8) is 0 Å². The van der Waals surface area contributed by atoms with Crippen molar-refractivity contribution in [2.75, 3.05) is 6.61 Å². The molecule has 0 radical (unpaired) electrons. The van der Waals surface area contributed by atoms with Crippen LogP contribution in [0.15, 0.2) is 77.7 Å². The van der Waals surface area contributed by atoms with E-state index in [9.17, 15) is 4.79 Å². The minimum absolute atomic E-state index is 0.00329. The highest BCUT2D eigenvalue weighted by molar-refractivity contribution is 5.16. The zero-order valence-electron chi connectivity index (χ0n) is 16.6. The first-order valence-electron chi connectivity index (χ1n) is 10.3. The molecular formula is C24H24N2O4. The molecule has 0 N–H and O–H groups in total. The van der Waals surface area contributed by atoms with Crippen LogP contribution in [-0.2, 0) is 22.7 Å². The van der Waals surface area contributed by atoms with Crippen LogP contribution in [0.5, 0.6) is 6.01 Å². The van der Waals surface area contributed by atoms with Crippen molar-refractivity contribution in [3.8, 4) is 6.01 Å². The maximum atomic E-state index is 11.6. The molecule has 1 saturated carbocycles. The van der Waals surface area contributed by atoms with E-state index in [1.807, 2.05) is 41.0 Å². The third-order valence-electron chi connectivity index (χ3n) is 5.88. The predicted octanol–water partition coefficient (Wildman–Crippen LogP) is 3.37. The van der Waals surface area contributed by atoms with E-state index in [-0.39, 0.29) is 29.7 Å². The highest BCUT2D eigenvalue weighted by Gasteiger charge is 2.51. The van der Waals surface area contributed by atoms with Crippen molar-refractivity contribution < 1.29 is 14.2 Å². The van der Waals surface area contributed by atoms with Crippen molar-refractivity contribution in [2.24, 2.45) is 5.92 Å². The lowest BCUT2D eigenvalue weighted by Crippen LogP contribution is -2.33. The lowest BCUT2D eigenvalue weighted by Gasteiger charge is -2.23. The topological polar surface area (TPSA) is 62.6 Å². The number of benzene rings is 2. The Morgan fingerprint density at radius 3 is 2.40 bits per heavy atom. The molecule has 2 aliphatic rings. The monoisotopic (exact) mass is 404 g/mol. The molecule has 0 bridgehead atoms. The van der Waals surface area contributed by atoms with Gasteiger partial charge in [-0.25, -0.2) is 0 Å². The van der Waals surface area contributed by atoms with Crippen LogP contribution in [0.3, 0.4) is 0 Å². The van der Waals surface area contributed by atoms with Crippen LogP contribution in [-0.4, -0.2) is 28.4 Å². The summed E-state index contributed by atoms with van der Waals surface area (Å²) in [6, 6.07) is 22.3. The molecule has 154 valence electrons. The molecule has 0 saturated heterocycles. The van der Waals surface area contributed by atoms with Crippen molar-refractivity contribution in [1.29, 1.82) is 0 Å².